The predicted octanol–water partition coefficient (Wildman–Crippen LogP) is 4.19. The minimum absolute atomic E-state index is 0.529. The first-order chi connectivity index (χ1) is 11.2. The van der Waals surface area contributed by atoms with Crippen LogP contribution < -0.4 is 0 Å². The van der Waals surface area contributed by atoms with E-state index >= 15 is 0 Å². The number of fused-ring (bicyclic) bond motifs is 2. The molecule has 2 aliphatic rings. The largest absolute Gasteiger partial charge is 0.385 e. The van der Waals surface area contributed by atoms with Crippen LogP contribution in [0.25, 0.3) is 11.1 Å². The molecule has 23 heavy (non-hydrogen) atoms. The Morgan fingerprint density at radius 3 is 2.04 bits per heavy atom. The molecule has 0 radical (unpaired) electrons. The molecule has 0 saturated carbocycles. The second-order valence-electron chi connectivity index (χ2n) is 7.29. The minimum Gasteiger partial charge on any atom is -0.385 e. The molecule has 2 nitrogen and oxygen atoms in total. The molecule has 2 atom stereocenters. The summed E-state index contributed by atoms with van der Waals surface area (Å²) in [5.74, 6) is 0. The second-order valence-corrected chi connectivity index (χ2v) is 7.29. The number of rotatable bonds is 2. The molecule has 2 fully saturated rings. The van der Waals surface area contributed by atoms with E-state index in [4.69, 9.17) is 0 Å². The summed E-state index contributed by atoms with van der Waals surface area (Å²) in [6, 6.07) is 20.0. The Labute approximate surface area is 138 Å². The third-order valence-electron chi connectivity index (χ3n) is 5.90. The highest BCUT2D eigenvalue weighted by atomic mass is 16.3. The smallest absolute Gasteiger partial charge is 0.0926 e. The van der Waals surface area contributed by atoms with Gasteiger partial charge in [0.2, 0.25) is 0 Å². The van der Waals surface area contributed by atoms with Crippen molar-refractivity contribution in [3.05, 3.63) is 60.2 Å². The van der Waals surface area contributed by atoms with E-state index in [0.29, 0.717) is 12.1 Å². The minimum atomic E-state index is -0.655. The fraction of sp³-hybridized carbons (Fsp3) is 0.429. The van der Waals surface area contributed by atoms with E-state index in [1.54, 1.807) is 0 Å². The Morgan fingerprint density at radius 1 is 0.870 bits per heavy atom. The molecule has 120 valence electrons. The zero-order valence-corrected chi connectivity index (χ0v) is 13.8. The monoisotopic (exact) mass is 307 g/mol. The molecule has 2 bridgehead atoms. The molecule has 2 aromatic rings. The van der Waals surface area contributed by atoms with Crippen LogP contribution in [0.4, 0.5) is 0 Å². The number of aliphatic hydroxyl groups is 1. The van der Waals surface area contributed by atoms with Gasteiger partial charge < -0.3 is 10.0 Å². The van der Waals surface area contributed by atoms with Crippen molar-refractivity contribution in [2.45, 2.75) is 49.8 Å². The Kier molecular flexibility index (Phi) is 3.74. The average molecular weight is 307 g/mol. The number of piperidine rings is 2. The van der Waals surface area contributed by atoms with Gasteiger partial charge in [-0.1, -0.05) is 61.0 Å². The van der Waals surface area contributed by atoms with Gasteiger partial charge in [-0.3, -0.25) is 0 Å². The topological polar surface area (TPSA) is 23.5 Å². The van der Waals surface area contributed by atoms with Gasteiger partial charge in [-0.15, -0.1) is 0 Å². The van der Waals surface area contributed by atoms with Crippen molar-refractivity contribution >= 4 is 0 Å². The Hall–Kier alpha value is -1.64. The van der Waals surface area contributed by atoms with Gasteiger partial charge >= 0.3 is 0 Å². The van der Waals surface area contributed by atoms with E-state index < -0.39 is 5.60 Å². The van der Waals surface area contributed by atoms with Crippen LogP contribution >= 0.6 is 0 Å². The molecule has 2 heteroatoms. The quantitative estimate of drug-likeness (QED) is 0.899. The van der Waals surface area contributed by atoms with Gasteiger partial charge in [0.05, 0.1) is 5.60 Å². The van der Waals surface area contributed by atoms with Gasteiger partial charge in [0, 0.05) is 12.1 Å². The van der Waals surface area contributed by atoms with Crippen LogP contribution in [0, 0.1) is 0 Å². The molecule has 0 aromatic heterocycles. The molecule has 2 heterocycles. The summed E-state index contributed by atoms with van der Waals surface area (Å²) in [6.45, 7) is 0. The zero-order valence-electron chi connectivity index (χ0n) is 13.8. The van der Waals surface area contributed by atoms with Crippen LogP contribution in [0.5, 0.6) is 0 Å². The molecular formula is C21H25NO. The lowest BCUT2D eigenvalue weighted by atomic mass is 9.72. The van der Waals surface area contributed by atoms with Crippen LogP contribution in [0.2, 0.25) is 0 Å². The van der Waals surface area contributed by atoms with Crippen molar-refractivity contribution in [2.75, 3.05) is 7.05 Å². The summed E-state index contributed by atoms with van der Waals surface area (Å²) in [7, 11) is 2.23. The van der Waals surface area contributed by atoms with E-state index in [0.717, 1.165) is 18.4 Å². The zero-order chi connectivity index (χ0) is 15.9. The van der Waals surface area contributed by atoms with E-state index in [1.165, 1.54) is 30.4 Å². The third-order valence-corrected chi connectivity index (χ3v) is 5.90. The number of nitrogens with zero attached hydrogens (tertiary/aromatic N) is 1. The Bertz CT molecular complexity index is 650. The highest BCUT2D eigenvalue weighted by Crippen LogP contribution is 2.43. The summed E-state index contributed by atoms with van der Waals surface area (Å²) in [5.41, 5.74) is 2.87. The van der Waals surface area contributed by atoms with E-state index in [-0.39, 0.29) is 0 Å². The molecule has 2 unspecified atom stereocenters. The van der Waals surface area contributed by atoms with Gasteiger partial charge in [0.25, 0.3) is 0 Å². The molecule has 0 amide bonds. The highest BCUT2D eigenvalue weighted by molar-refractivity contribution is 5.63. The molecule has 2 saturated heterocycles. The molecule has 0 spiro atoms. The van der Waals surface area contributed by atoms with Gasteiger partial charge in [-0.2, -0.15) is 0 Å². The maximum Gasteiger partial charge on any atom is 0.0926 e. The summed E-state index contributed by atoms with van der Waals surface area (Å²) >= 11 is 0. The molecular weight excluding hydrogens is 282 g/mol. The van der Waals surface area contributed by atoms with Crippen molar-refractivity contribution in [2.24, 2.45) is 0 Å². The number of hydrogen-bond acceptors (Lipinski definition) is 2. The molecule has 4 rings (SSSR count). The summed E-state index contributed by atoms with van der Waals surface area (Å²) < 4.78 is 0. The van der Waals surface area contributed by atoms with Crippen LogP contribution in [0.3, 0.4) is 0 Å². The first-order valence-corrected chi connectivity index (χ1v) is 8.76. The summed E-state index contributed by atoms with van der Waals surface area (Å²) in [5, 5.41) is 11.3. The number of hydrogen-bond donors (Lipinski definition) is 1. The Balaban J connectivity index is 1.60. The first-order valence-electron chi connectivity index (χ1n) is 8.76. The van der Waals surface area contributed by atoms with Gasteiger partial charge in [0.15, 0.2) is 0 Å². The van der Waals surface area contributed by atoms with Gasteiger partial charge in [0.1, 0.15) is 0 Å². The first kappa shape index (κ1) is 14.9. The van der Waals surface area contributed by atoms with Crippen LogP contribution in [0.15, 0.2) is 54.6 Å². The van der Waals surface area contributed by atoms with Crippen molar-refractivity contribution in [1.29, 1.82) is 0 Å². The van der Waals surface area contributed by atoms with Crippen LogP contribution in [-0.2, 0) is 5.60 Å². The second kappa shape index (κ2) is 5.77. The average Bonchev–Trinajstić information content (AvgIpc) is 2.57. The van der Waals surface area contributed by atoms with Crippen molar-refractivity contribution in [3.8, 4) is 11.1 Å². The normalized spacial score (nSPS) is 31.0. The standard InChI is InChI=1S/C21H25NO/c1-22-19-8-5-9-20(22)15-21(23,14-19)18-12-10-17(11-13-18)16-6-3-2-4-7-16/h2-4,6-7,10-13,19-20,23H,5,8-9,14-15H2,1H3. The van der Waals surface area contributed by atoms with E-state index in [9.17, 15) is 5.11 Å². The molecule has 0 aliphatic carbocycles. The summed E-state index contributed by atoms with van der Waals surface area (Å²) in [4.78, 5) is 2.50. The SMILES string of the molecule is CN1C2CCCC1CC(O)(c1ccc(-c3ccccc3)cc1)C2. The summed E-state index contributed by atoms with van der Waals surface area (Å²) in [6.07, 6.45) is 5.48. The number of benzene rings is 2. The van der Waals surface area contributed by atoms with Crippen LogP contribution in [-0.4, -0.2) is 29.1 Å². The molecule has 2 aliphatic heterocycles. The van der Waals surface area contributed by atoms with Gasteiger partial charge in [-0.05, 0) is 49.4 Å². The van der Waals surface area contributed by atoms with Crippen molar-refractivity contribution < 1.29 is 5.11 Å². The van der Waals surface area contributed by atoms with Gasteiger partial charge in [-0.25, -0.2) is 0 Å². The fourth-order valence-electron chi connectivity index (χ4n) is 4.49. The molecule has 2 aromatic carbocycles. The predicted molar refractivity (Wildman–Crippen MR) is 94.2 cm³/mol. The van der Waals surface area contributed by atoms with Crippen molar-refractivity contribution in [1.82, 2.24) is 4.90 Å². The lowest BCUT2D eigenvalue weighted by Gasteiger charge is -2.50. The van der Waals surface area contributed by atoms with Crippen LogP contribution in [0.1, 0.15) is 37.7 Å². The Morgan fingerprint density at radius 2 is 1.43 bits per heavy atom. The third kappa shape index (κ3) is 2.71. The molecule has 1 N–H and O–H groups in total. The fourth-order valence-corrected chi connectivity index (χ4v) is 4.49. The lowest BCUT2D eigenvalue weighted by molar-refractivity contribution is -0.0874. The van der Waals surface area contributed by atoms with E-state index in [2.05, 4.69) is 60.5 Å². The lowest BCUT2D eigenvalue weighted by Crippen LogP contribution is -2.55. The van der Waals surface area contributed by atoms with Crippen molar-refractivity contribution in [3.63, 3.8) is 0 Å². The maximum atomic E-state index is 11.3. The van der Waals surface area contributed by atoms with E-state index in [1.807, 2.05) is 6.07 Å². The maximum absolute atomic E-state index is 11.3. The highest BCUT2D eigenvalue weighted by Gasteiger charge is 2.44.